The smallest absolute Gasteiger partial charge is 0.389 e. The number of alkyl halides is 3. The Morgan fingerprint density at radius 2 is 1.67 bits per heavy atom. The topological polar surface area (TPSA) is 32.3 Å². The summed E-state index contributed by atoms with van der Waals surface area (Å²) in [6.45, 7) is 4.38. The standard InChI is InChI=1S/C10H20F3NO/c1-3-9(15,4-2)8-14-7-5-6-10(11,12)13/h14-15H,3-8H2,1-2H3. The summed E-state index contributed by atoms with van der Waals surface area (Å²) in [5.41, 5.74) is -0.780. The maximum Gasteiger partial charge on any atom is 0.389 e. The van der Waals surface area contributed by atoms with E-state index < -0.39 is 18.2 Å². The van der Waals surface area contributed by atoms with Gasteiger partial charge in [0.1, 0.15) is 0 Å². The largest absolute Gasteiger partial charge is 0.389 e. The van der Waals surface area contributed by atoms with Crippen molar-refractivity contribution in [1.29, 1.82) is 0 Å². The van der Waals surface area contributed by atoms with Gasteiger partial charge in [0.25, 0.3) is 0 Å². The lowest BCUT2D eigenvalue weighted by Crippen LogP contribution is -2.39. The van der Waals surface area contributed by atoms with Gasteiger partial charge in [-0.25, -0.2) is 0 Å². The lowest BCUT2D eigenvalue weighted by Gasteiger charge is -2.25. The number of rotatable bonds is 7. The van der Waals surface area contributed by atoms with Crippen molar-refractivity contribution in [1.82, 2.24) is 5.32 Å². The molecule has 0 atom stereocenters. The van der Waals surface area contributed by atoms with E-state index in [1.54, 1.807) is 0 Å². The van der Waals surface area contributed by atoms with Crippen molar-refractivity contribution in [2.45, 2.75) is 51.3 Å². The normalized spacial score (nSPS) is 13.2. The Labute approximate surface area is 88.9 Å². The average molecular weight is 227 g/mol. The van der Waals surface area contributed by atoms with Gasteiger partial charge < -0.3 is 10.4 Å². The number of halogens is 3. The van der Waals surface area contributed by atoms with Crippen LogP contribution in [0.5, 0.6) is 0 Å². The van der Waals surface area contributed by atoms with Crippen molar-refractivity contribution >= 4 is 0 Å². The van der Waals surface area contributed by atoms with E-state index in [0.29, 0.717) is 25.9 Å². The molecule has 0 aromatic rings. The van der Waals surface area contributed by atoms with Crippen LogP contribution in [0.2, 0.25) is 0 Å². The van der Waals surface area contributed by atoms with Crippen LogP contribution in [-0.4, -0.2) is 30.0 Å². The third-order valence-corrected chi connectivity index (χ3v) is 2.58. The first-order chi connectivity index (χ1) is 6.83. The molecule has 0 amide bonds. The molecule has 0 aliphatic rings. The molecule has 0 radical (unpaired) electrons. The summed E-state index contributed by atoms with van der Waals surface area (Å²) < 4.78 is 35.3. The number of aliphatic hydroxyl groups is 1. The van der Waals surface area contributed by atoms with E-state index in [1.165, 1.54) is 0 Å². The SMILES string of the molecule is CCC(O)(CC)CNCCCC(F)(F)F. The fourth-order valence-corrected chi connectivity index (χ4v) is 1.23. The van der Waals surface area contributed by atoms with E-state index in [1.807, 2.05) is 13.8 Å². The highest BCUT2D eigenvalue weighted by Crippen LogP contribution is 2.20. The first-order valence-corrected chi connectivity index (χ1v) is 5.33. The van der Waals surface area contributed by atoms with Gasteiger partial charge in [-0.2, -0.15) is 13.2 Å². The van der Waals surface area contributed by atoms with Gasteiger partial charge in [0, 0.05) is 13.0 Å². The van der Waals surface area contributed by atoms with Gasteiger partial charge in [0.05, 0.1) is 5.60 Å². The van der Waals surface area contributed by atoms with E-state index in [9.17, 15) is 18.3 Å². The summed E-state index contributed by atoms with van der Waals surface area (Å²) in [6, 6.07) is 0. The van der Waals surface area contributed by atoms with Gasteiger partial charge in [0.2, 0.25) is 0 Å². The molecule has 0 aromatic heterocycles. The fourth-order valence-electron chi connectivity index (χ4n) is 1.23. The van der Waals surface area contributed by atoms with Gasteiger partial charge in [-0.3, -0.25) is 0 Å². The molecule has 0 aliphatic heterocycles. The summed E-state index contributed by atoms with van der Waals surface area (Å²) in [7, 11) is 0. The maximum absolute atomic E-state index is 11.8. The summed E-state index contributed by atoms with van der Waals surface area (Å²) in [5, 5.41) is 12.7. The minimum absolute atomic E-state index is 0.0625. The second kappa shape index (κ2) is 6.33. The van der Waals surface area contributed by atoms with E-state index in [-0.39, 0.29) is 6.42 Å². The van der Waals surface area contributed by atoms with Crippen LogP contribution in [0.25, 0.3) is 0 Å². The molecule has 0 aliphatic carbocycles. The molecule has 0 bridgehead atoms. The number of nitrogens with one attached hydrogen (secondary N) is 1. The molecular weight excluding hydrogens is 207 g/mol. The number of hydrogen-bond donors (Lipinski definition) is 2. The lowest BCUT2D eigenvalue weighted by molar-refractivity contribution is -0.135. The van der Waals surface area contributed by atoms with Gasteiger partial charge in [0.15, 0.2) is 0 Å². The molecule has 0 fully saturated rings. The zero-order valence-corrected chi connectivity index (χ0v) is 9.32. The zero-order chi connectivity index (χ0) is 11.9. The Morgan fingerprint density at radius 1 is 1.13 bits per heavy atom. The summed E-state index contributed by atoms with van der Waals surface area (Å²) >= 11 is 0. The van der Waals surface area contributed by atoms with Crippen LogP contribution in [0.1, 0.15) is 39.5 Å². The quantitative estimate of drug-likeness (QED) is 0.655. The van der Waals surface area contributed by atoms with Gasteiger partial charge in [-0.05, 0) is 25.8 Å². The van der Waals surface area contributed by atoms with Gasteiger partial charge in [-0.15, -0.1) is 0 Å². The van der Waals surface area contributed by atoms with Crippen molar-refractivity contribution in [2.75, 3.05) is 13.1 Å². The highest BCUT2D eigenvalue weighted by molar-refractivity contribution is 4.77. The highest BCUT2D eigenvalue weighted by atomic mass is 19.4. The van der Waals surface area contributed by atoms with Crippen molar-refractivity contribution in [3.8, 4) is 0 Å². The van der Waals surface area contributed by atoms with Crippen molar-refractivity contribution in [3.63, 3.8) is 0 Å². The van der Waals surface area contributed by atoms with Gasteiger partial charge in [-0.1, -0.05) is 13.8 Å². The van der Waals surface area contributed by atoms with Crippen LogP contribution >= 0.6 is 0 Å². The van der Waals surface area contributed by atoms with Crippen LogP contribution in [0.15, 0.2) is 0 Å². The minimum Gasteiger partial charge on any atom is -0.389 e. The van der Waals surface area contributed by atoms with Crippen molar-refractivity contribution in [2.24, 2.45) is 0 Å². The summed E-state index contributed by atoms with van der Waals surface area (Å²) in [4.78, 5) is 0. The highest BCUT2D eigenvalue weighted by Gasteiger charge is 2.26. The van der Waals surface area contributed by atoms with E-state index in [4.69, 9.17) is 0 Å². The van der Waals surface area contributed by atoms with Crippen LogP contribution in [0.4, 0.5) is 13.2 Å². The Kier molecular flexibility index (Phi) is 6.20. The Bertz CT molecular complexity index is 167. The molecule has 0 saturated carbocycles. The molecule has 15 heavy (non-hydrogen) atoms. The average Bonchev–Trinajstić information content (AvgIpc) is 2.15. The molecule has 0 rings (SSSR count). The van der Waals surface area contributed by atoms with Crippen LogP contribution in [0.3, 0.4) is 0 Å². The van der Waals surface area contributed by atoms with Crippen molar-refractivity contribution in [3.05, 3.63) is 0 Å². The molecule has 0 unspecified atom stereocenters. The predicted octanol–water partition coefficient (Wildman–Crippen LogP) is 2.47. The molecule has 0 heterocycles. The van der Waals surface area contributed by atoms with Crippen LogP contribution in [-0.2, 0) is 0 Å². The molecule has 0 spiro atoms. The first-order valence-electron chi connectivity index (χ1n) is 5.33. The fraction of sp³-hybridized carbons (Fsp3) is 1.00. The minimum atomic E-state index is -4.08. The third kappa shape index (κ3) is 7.62. The van der Waals surface area contributed by atoms with E-state index in [2.05, 4.69) is 5.32 Å². The predicted molar refractivity (Wildman–Crippen MR) is 53.7 cm³/mol. The molecule has 0 saturated heterocycles. The lowest BCUT2D eigenvalue weighted by atomic mass is 9.97. The Morgan fingerprint density at radius 3 is 2.07 bits per heavy atom. The molecule has 0 aromatic carbocycles. The van der Waals surface area contributed by atoms with Gasteiger partial charge >= 0.3 is 6.18 Å². The third-order valence-electron chi connectivity index (χ3n) is 2.58. The second-order valence-electron chi connectivity index (χ2n) is 3.83. The second-order valence-corrected chi connectivity index (χ2v) is 3.83. The zero-order valence-electron chi connectivity index (χ0n) is 9.32. The first kappa shape index (κ1) is 14.7. The molecule has 2 N–H and O–H groups in total. The molecular formula is C10H20F3NO. The summed E-state index contributed by atoms with van der Waals surface area (Å²) in [5.74, 6) is 0. The van der Waals surface area contributed by atoms with Crippen molar-refractivity contribution < 1.29 is 18.3 Å². The monoisotopic (exact) mass is 227 g/mol. The van der Waals surface area contributed by atoms with Crippen LogP contribution < -0.4 is 5.32 Å². The van der Waals surface area contributed by atoms with E-state index in [0.717, 1.165) is 0 Å². The molecule has 2 nitrogen and oxygen atoms in total. The molecule has 92 valence electrons. The number of hydrogen-bond acceptors (Lipinski definition) is 2. The van der Waals surface area contributed by atoms with E-state index >= 15 is 0 Å². The Hall–Kier alpha value is -0.290. The van der Waals surface area contributed by atoms with Crippen LogP contribution in [0, 0.1) is 0 Å². The maximum atomic E-state index is 11.8. The molecule has 5 heteroatoms. The Balaban J connectivity index is 3.54. The summed E-state index contributed by atoms with van der Waals surface area (Å²) in [6.07, 6.45) is -3.57.